The standard InChI is InChI=1S/C25H24FN5.Pt/c1-24(2,3)18-10-6-9-17(15-18)19-11-7-13-21(29-19)25(4,5)23-28-16-31(30-23)20-12-8-14-27-22(20)26;/h6-8,10-11,13-16H,1-5H3;/q-2;+2. The first kappa shape index (κ1) is 23.9. The molecule has 3 aromatic heterocycles. The summed E-state index contributed by atoms with van der Waals surface area (Å²) >= 11 is 0. The number of aromatic nitrogens is 5. The van der Waals surface area contributed by atoms with Crippen LogP contribution < -0.4 is 0 Å². The van der Waals surface area contributed by atoms with Gasteiger partial charge in [-0.25, -0.2) is 9.67 Å². The number of rotatable bonds is 4. The van der Waals surface area contributed by atoms with E-state index >= 15 is 0 Å². The fourth-order valence-corrected chi connectivity index (χ4v) is 3.29. The van der Waals surface area contributed by atoms with Crippen molar-refractivity contribution < 1.29 is 25.5 Å². The Kier molecular flexibility index (Phi) is 6.75. The fourth-order valence-electron chi connectivity index (χ4n) is 3.29. The van der Waals surface area contributed by atoms with Gasteiger partial charge < -0.3 is 9.97 Å². The van der Waals surface area contributed by atoms with Gasteiger partial charge in [0.05, 0.1) is 5.41 Å². The number of hydrogen-bond acceptors (Lipinski definition) is 4. The van der Waals surface area contributed by atoms with E-state index in [1.54, 1.807) is 0 Å². The normalized spacial score (nSPS) is 11.8. The first-order chi connectivity index (χ1) is 14.7. The molecule has 1 aromatic carbocycles. The molecule has 4 rings (SSSR count). The van der Waals surface area contributed by atoms with Gasteiger partial charge in [-0.15, -0.1) is 35.4 Å². The Bertz CT molecular complexity index is 1230. The van der Waals surface area contributed by atoms with Crippen molar-refractivity contribution in [3.05, 3.63) is 90.2 Å². The van der Waals surface area contributed by atoms with E-state index < -0.39 is 11.4 Å². The van der Waals surface area contributed by atoms with E-state index in [9.17, 15) is 4.39 Å². The fraction of sp³-hybridized carbons (Fsp3) is 0.280. The molecule has 0 atom stereocenters. The molecule has 0 saturated carbocycles. The quantitative estimate of drug-likeness (QED) is 0.240. The van der Waals surface area contributed by atoms with Crippen molar-refractivity contribution in [2.45, 2.75) is 45.4 Å². The first-order valence-corrected chi connectivity index (χ1v) is 10.1. The molecule has 0 radical (unpaired) electrons. The second-order valence-electron chi connectivity index (χ2n) is 9.02. The summed E-state index contributed by atoms with van der Waals surface area (Å²) in [5.74, 6) is -0.118. The predicted molar refractivity (Wildman–Crippen MR) is 117 cm³/mol. The smallest absolute Gasteiger partial charge is 0.356 e. The van der Waals surface area contributed by atoms with Crippen LogP contribution in [0.3, 0.4) is 0 Å². The molecule has 0 spiro atoms. The van der Waals surface area contributed by atoms with Crippen molar-refractivity contribution >= 4 is 0 Å². The van der Waals surface area contributed by atoms with Gasteiger partial charge in [0.2, 0.25) is 0 Å². The van der Waals surface area contributed by atoms with Crippen molar-refractivity contribution in [3.8, 4) is 16.9 Å². The molecule has 0 aliphatic rings. The topological polar surface area (TPSA) is 56.5 Å². The third kappa shape index (κ3) is 4.70. The van der Waals surface area contributed by atoms with Crippen LogP contribution in [0.5, 0.6) is 0 Å². The summed E-state index contributed by atoms with van der Waals surface area (Å²) in [5, 5.41) is 4.48. The van der Waals surface area contributed by atoms with Crippen molar-refractivity contribution in [2.24, 2.45) is 0 Å². The average Bonchev–Trinajstić information content (AvgIpc) is 3.25. The van der Waals surface area contributed by atoms with Gasteiger partial charge in [-0.05, 0) is 31.0 Å². The number of halogens is 1. The van der Waals surface area contributed by atoms with Crippen molar-refractivity contribution in [3.63, 3.8) is 0 Å². The zero-order chi connectivity index (χ0) is 22.2. The molecule has 0 N–H and O–H groups in total. The Labute approximate surface area is 202 Å². The molecule has 5 nitrogen and oxygen atoms in total. The van der Waals surface area contributed by atoms with Crippen LogP contribution in [0.15, 0.2) is 55.0 Å². The van der Waals surface area contributed by atoms with E-state index in [0.717, 1.165) is 17.0 Å². The molecule has 0 unspecified atom stereocenters. The van der Waals surface area contributed by atoms with Gasteiger partial charge in [0, 0.05) is 11.4 Å². The molecule has 0 saturated heterocycles. The van der Waals surface area contributed by atoms with Crippen LogP contribution >= 0.6 is 0 Å². The van der Waals surface area contributed by atoms with Crippen LogP contribution in [0.1, 0.15) is 51.7 Å². The van der Waals surface area contributed by atoms with Crippen LogP contribution in [0.2, 0.25) is 0 Å². The number of nitrogens with zero attached hydrogens (tertiary/aromatic N) is 5. The third-order valence-electron chi connectivity index (χ3n) is 5.29. The van der Waals surface area contributed by atoms with Gasteiger partial charge in [-0.1, -0.05) is 39.1 Å². The molecular formula is C25H24FN5Pt. The number of pyridine rings is 2. The minimum Gasteiger partial charge on any atom is -0.356 e. The van der Waals surface area contributed by atoms with E-state index in [2.05, 4.69) is 60.1 Å². The van der Waals surface area contributed by atoms with Crippen LogP contribution in [0.4, 0.5) is 4.39 Å². The predicted octanol–water partition coefficient (Wildman–Crippen LogP) is 5.08. The minimum atomic E-state index is -0.647. The Hall–Kier alpha value is -2.72. The van der Waals surface area contributed by atoms with Gasteiger partial charge in [0.25, 0.3) is 0 Å². The maximum absolute atomic E-state index is 14.0. The largest absolute Gasteiger partial charge is 2.00 e. The van der Waals surface area contributed by atoms with Crippen LogP contribution in [-0.2, 0) is 31.9 Å². The first-order valence-electron chi connectivity index (χ1n) is 10.1. The molecule has 0 bridgehead atoms. The number of hydrogen-bond donors (Lipinski definition) is 0. The SMILES string of the molecule is CC(C)(C)c1cc[c-]c(-c2cccc(C(C)(C)c3ncn(-c4[c-]ccnc4F)n3)n2)c1.[Pt+2]. The molecule has 0 aliphatic carbocycles. The summed E-state index contributed by atoms with van der Waals surface area (Å²) in [5.41, 5.74) is 3.39. The Morgan fingerprint density at radius 2 is 1.75 bits per heavy atom. The van der Waals surface area contributed by atoms with Gasteiger partial charge in [-0.2, -0.15) is 17.2 Å². The molecule has 0 fully saturated rings. The summed E-state index contributed by atoms with van der Waals surface area (Å²) in [4.78, 5) is 13.0. The second-order valence-corrected chi connectivity index (χ2v) is 9.02. The van der Waals surface area contributed by atoms with E-state index in [1.165, 1.54) is 28.8 Å². The Morgan fingerprint density at radius 3 is 2.47 bits per heavy atom. The summed E-state index contributed by atoms with van der Waals surface area (Å²) in [6.07, 6.45) is 2.82. The third-order valence-corrected chi connectivity index (χ3v) is 5.29. The Morgan fingerprint density at radius 1 is 0.969 bits per heavy atom. The van der Waals surface area contributed by atoms with Crippen LogP contribution in [-0.4, -0.2) is 24.7 Å². The maximum Gasteiger partial charge on any atom is 2.00 e. The minimum absolute atomic E-state index is 0. The van der Waals surface area contributed by atoms with Gasteiger partial charge >= 0.3 is 21.1 Å². The molecule has 0 amide bonds. The zero-order valence-corrected chi connectivity index (χ0v) is 20.9. The monoisotopic (exact) mass is 608 g/mol. The summed E-state index contributed by atoms with van der Waals surface area (Å²) in [6.45, 7) is 10.5. The summed E-state index contributed by atoms with van der Waals surface area (Å²) in [6, 6.07) is 19.7. The summed E-state index contributed by atoms with van der Waals surface area (Å²) in [7, 11) is 0. The second kappa shape index (κ2) is 9.03. The van der Waals surface area contributed by atoms with Crippen molar-refractivity contribution in [1.29, 1.82) is 0 Å². The van der Waals surface area contributed by atoms with Crippen LogP contribution in [0, 0.1) is 18.1 Å². The van der Waals surface area contributed by atoms with Crippen molar-refractivity contribution in [1.82, 2.24) is 24.7 Å². The molecule has 7 heteroatoms. The molecule has 0 aliphatic heterocycles. The van der Waals surface area contributed by atoms with Gasteiger partial charge in [0.15, 0.2) is 5.82 Å². The average molecular weight is 609 g/mol. The van der Waals surface area contributed by atoms with Gasteiger partial charge in [0.1, 0.15) is 12.3 Å². The van der Waals surface area contributed by atoms with Gasteiger partial charge in [-0.3, -0.25) is 4.39 Å². The molecular weight excluding hydrogens is 584 g/mol. The molecule has 4 aromatic rings. The van der Waals surface area contributed by atoms with Crippen molar-refractivity contribution in [2.75, 3.05) is 0 Å². The van der Waals surface area contributed by atoms with E-state index in [4.69, 9.17) is 4.98 Å². The zero-order valence-electron chi connectivity index (χ0n) is 18.6. The Balaban J connectivity index is 0.00000289. The molecule has 3 heterocycles. The van der Waals surface area contributed by atoms with E-state index in [-0.39, 0.29) is 32.2 Å². The molecule has 166 valence electrons. The summed E-state index contributed by atoms with van der Waals surface area (Å²) < 4.78 is 15.4. The van der Waals surface area contributed by atoms with Crippen LogP contribution in [0.25, 0.3) is 16.9 Å². The van der Waals surface area contributed by atoms with E-state index in [1.807, 2.05) is 38.1 Å². The maximum atomic E-state index is 14.0. The number of benzene rings is 1. The molecule has 32 heavy (non-hydrogen) atoms. The van der Waals surface area contributed by atoms with E-state index in [0.29, 0.717) is 5.82 Å².